The van der Waals surface area contributed by atoms with E-state index in [4.69, 9.17) is 5.73 Å². The standard InChI is InChI=1S/C16H27N3/c1-14-5-3-6-15(2)16(14)13-19-9-4-8-18(10-7-17)11-12-19/h3,5-6H,4,7-13,17H2,1-2H3. The Morgan fingerprint density at radius 2 is 1.63 bits per heavy atom. The first-order valence-corrected chi connectivity index (χ1v) is 7.40. The second-order valence-electron chi connectivity index (χ2n) is 5.63. The molecule has 2 rings (SSSR count). The highest BCUT2D eigenvalue weighted by Crippen LogP contribution is 2.16. The number of nitrogens with two attached hydrogens (primary N) is 1. The molecule has 19 heavy (non-hydrogen) atoms. The number of rotatable bonds is 4. The summed E-state index contributed by atoms with van der Waals surface area (Å²) in [6.45, 7) is 12.1. The van der Waals surface area contributed by atoms with Crippen LogP contribution < -0.4 is 5.73 Å². The molecule has 1 saturated heterocycles. The molecule has 1 fully saturated rings. The van der Waals surface area contributed by atoms with Crippen LogP contribution in [0, 0.1) is 13.8 Å². The number of benzene rings is 1. The van der Waals surface area contributed by atoms with Crippen LogP contribution in [0.1, 0.15) is 23.1 Å². The van der Waals surface area contributed by atoms with Gasteiger partial charge < -0.3 is 10.6 Å². The average Bonchev–Trinajstić information content (AvgIpc) is 2.60. The van der Waals surface area contributed by atoms with Gasteiger partial charge in [-0.1, -0.05) is 18.2 Å². The van der Waals surface area contributed by atoms with Crippen LogP contribution in [0.15, 0.2) is 18.2 Å². The lowest BCUT2D eigenvalue weighted by Crippen LogP contribution is -2.33. The van der Waals surface area contributed by atoms with Crippen LogP contribution in [-0.2, 0) is 6.54 Å². The van der Waals surface area contributed by atoms with Crippen molar-refractivity contribution in [3.8, 4) is 0 Å². The Bertz CT molecular complexity index is 383. The molecule has 3 heteroatoms. The van der Waals surface area contributed by atoms with Crippen molar-refractivity contribution in [3.05, 3.63) is 34.9 Å². The molecule has 106 valence electrons. The lowest BCUT2D eigenvalue weighted by molar-refractivity contribution is 0.254. The molecule has 0 saturated carbocycles. The van der Waals surface area contributed by atoms with Crippen molar-refractivity contribution in [2.45, 2.75) is 26.8 Å². The summed E-state index contributed by atoms with van der Waals surface area (Å²) < 4.78 is 0. The van der Waals surface area contributed by atoms with Crippen molar-refractivity contribution in [2.75, 3.05) is 39.3 Å². The number of hydrogen-bond donors (Lipinski definition) is 1. The van der Waals surface area contributed by atoms with Gasteiger partial charge in [0.1, 0.15) is 0 Å². The summed E-state index contributed by atoms with van der Waals surface area (Å²) >= 11 is 0. The molecule has 0 amide bonds. The van der Waals surface area contributed by atoms with Gasteiger partial charge in [0.05, 0.1) is 0 Å². The van der Waals surface area contributed by atoms with E-state index in [1.807, 2.05) is 0 Å². The first-order valence-electron chi connectivity index (χ1n) is 7.40. The van der Waals surface area contributed by atoms with E-state index in [0.29, 0.717) is 0 Å². The SMILES string of the molecule is Cc1cccc(C)c1CN1CCCN(CCN)CC1. The van der Waals surface area contributed by atoms with Gasteiger partial charge in [-0.25, -0.2) is 0 Å². The van der Waals surface area contributed by atoms with Crippen molar-refractivity contribution >= 4 is 0 Å². The molecular formula is C16H27N3. The molecule has 0 aromatic heterocycles. The second-order valence-corrected chi connectivity index (χ2v) is 5.63. The van der Waals surface area contributed by atoms with Crippen LogP contribution in [0.2, 0.25) is 0 Å². The zero-order chi connectivity index (χ0) is 13.7. The normalized spacial score (nSPS) is 18.5. The molecule has 1 heterocycles. The molecule has 1 aromatic rings. The Morgan fingerprint density at radius 1 is 1.00 bits per heavy atom. The molecule has 0 unspecified atom stereocenters. The van der Waals surface area contributed by atoms with Gasteiger partial charge in [-0.3, -0.25) is 4.90 Å². The predicted molar refractivity (Wildman–Crippen MR) is 81.3 cm³/mol. The van der Waals surface area contributed by atoms with E-state index in [0.717, 1.165) is 32.7 Å². The Morgan fingerprint density at radius 3 is 2.32 bits per heavy atom. The molecule has 0 spiro atoms. The average molecular weight is 261 g/mol. The van der Waals surface area contributed by atoms with Gasteiger partial charge in [0.25, 0.3) is 0 Å². The summed E-state index contributed by atoms with van der Waals surface area (Å²) in [5.74, 6) is 0. The summed E-state index contributed by atoms with van der Waals surface area (Å²) in [7, 11) is 0. The fourth-order valence-electron chi connectivity index (χ4n) is 2.91. The van der Waals surface area contributed by atoms with Crippen LogP contribution in [0.5, 0.6) is 0 Å². The zero-order valence-electron chi connectivity index (χ0n) is 12.4. The molecule has 1 aliphatic rings. The summed E-state index contributed by atoms with van der Waals surface area (Å²) in [6.07, 6.45) is 1.25. The van der Waals surface area contributed by atoms with E-state index in [1.165, 1.54) is 36.2 Å². The van der Waals surface area contributed by atoms with Gasteiger partial charge in [0, 0.05) is 32.7 Å². The second kappa shape index (κ2) is 7.04. The quantitative estimate of drug-likeness (QED) is 0.896. The fourth-order valence-corrected chi connectivity index (χ4v) is 2.91. The fraction of sp³-hybridized carbons (Fsp3) is 0.625. The molecule has 0 bridgehead atoms. The molecule has 1 aliphatic heterocycles. The number of nitrogens with zero attached hydrogens (tertiary/aromatic N) is 2. The van der Waals surface area contributed by atoms with E-state index in [1.54, 1.807) is 0 Å². The van der Waals surface area contributed by atoms with E-state index < -0.39 is 0 Å². The van der Waals surface area contributed by atoms with Crippen molar-refractivity contribution in [3.63, 3.8) is 0 Å². The summed E-state index contributed by atoms with van der Waals surface area (Å²) in [5, 5.41) is 0. The van der Waals surface area contributed by atoms with Gasteiger partial charge in [0.15, 0.2) is 0 Å². The summed E-state index contributed by atoms with van der Waals surface area (Å²) in [4.78, 5) is 5.08. The molecule has 3 nitrogen and oxygen atoms in total. The third-order valence-electron chi connectivity index (χ3n) is 4.15. The highest BCUT2D eigenvalue weighted by Gasteiger charge is 2.15. The van der Waals surface area contributed by atoms with Gasteiger partial charge in [-0.05, 0) is 50.0 Å². The van der Waals surface area contributed by atoms with Crippen LogP contribution >= 0.6 is 0 Å². The highest BCUT2D eigenvalue weighted by molar-refractivity contribution is 5.33. The van der Waals surface area contributed by atoms with Crippen molar-refractivity contribution in [1.82, 2.24) is 9.80 Å². The molecule has 1 aromatic carbocycles. The van der Waals surface area contributed by atoms with Gasteiger partial charge in [-0.15, -0.1) is 0 Å². The minimum atomic E-state index is 0.775. The van der Waals surface area contributed by atoms with Crippen LogP contribution in [-0.4, -0.2) is 49.1 Å². The third kappa shape index (κ3) is 4.03. The molecule has 0 radical (unpaired) electrons. The minimum absolute atomic E-state index is 0.775. The van der Waals surface area contributed by atoms with E-state index >= 15 is 0 Å². The molecule has 0 aliphatic carbocycles. The predicted octanol–water partition coefficient (Wildman–Crippen LogP) is 1.77. The van der Waals surface area contributed by atoms with Gasteiger partial charge in [-0.2, -0.15) is 0 Å². The maximum Gasteiger partial charge on any atom is 0.0239 e. The monoisotopic (exact) mass is 261 g/mol. The van der Waals surface area contributed by atoms with Crippen molar-refractivity contribution in [1.29, 1.82) is 0 Å². The first-order chi connectivity index (χ1) is 9.20. The summed E-state index contributed by atoms with van der Waals surface area (Å²) in [6, 6.07) is 6.60. The third-order valence-corrected chi connectivity index (χ3v) is 4.15. The van der Waals surface area contributed by atoms with Gasteiger partial charge >= 0.3 is 0 Å². The molecule has 2 N–H and O–H groups in total. The topological polar surface area (TPSA) is 32.5 Å². The van der Waals surface area contributed by atoms with Crippen molar-refractivity contribution < 1.29 is 0 Å². The zero-order valence-corrected chi connectivity index (χ0v) is 12.4. The Kier molecular flexibility index (Phi) is 5.37. The van der Waals surface area contributed by atoms with Crippen molar-refractivity contribution in [2.24, 2.45) is 5.73 Å². The number of aryl methyl sites for hydroxylation is 2. The largest absolute Gasteiger partial charge is 0.329 e. The minimum Gasteiger partial charge on any atom is -0.329 e. The number of hydrogen-bond acceptors (Lipinski definition) is 3. The van der Waals surface area contributed by atoms with Crippen LogP contribution in [0.25, 0.3) is 0 Å². The first kappa shape index (κ1) is 14.5. The van der Waals surface area contributed by atoms with E-state index in [-0.39, 0.29) is 0 Å². The Labute approximate surface area is 117 Å². The smallest absolute Gasteiger partial charge is 0.0239 e. The van der Waals surface area contributed by atoms with Gasteiger partial charge in [0.2, 0.25) is 0 Å². The maximum absolute atomic E-state index is 5.65. The summed E-state index contributed by atoms with van der Waals surface area (Å²) in [5.41, 5.74) is 10.0. The Hall–Kier alpha value is -0.900. The highest BCUT2D eigenvalue weighted by atomic mass is 15.2. The maximum atomic E-state index is 5.65. The Balaban J connectivity index is 1.96. The van der Waals surface area contributed by atoms with Crippen LogP contribution in [0.3, 0.4) is 0 Å². The van der Waals surface area contributed by atoms with Crippen LogP contribution in [0.4, 0.5) is 0 Å². The lowest BCUT2D eigenvalue weighted by atomic mass is 10.0. The van der Waals surface area contributed by atoms with E-state index in [9.17, 15) is 0 Å². The van der Waals surface area contributed by atoms with E-state index in [2.05, 4.69) is 41.8 Å². The lowest BCUT2D eigenvalue weighted by Gasteiger charge is -2.23. The molecule has 0 atom stereocenters. The molecular weight excluding hydrogens is 234 g/mol.